The number of carbonyl (C=O) groups is 2. The highest BCUT2D eigenvalue weighted by Crippen LogP contribution is 2.20. The summed E-state index contributed by atoms with van der Waals surface area (Å²) in [6.45, 7) is -0.316. The van der Waals surface area contributed by atoms with E-state index in [0.29, 0.717) is 17.3 Å². The van der Waals surface area contributed by atoms with Crippen molar-refractivity contribution in [2.75, 3.05) is 24.3 Å². The van der Waals surface area contributed by atoms with E-state index < -0.39 is 29.1 Å². The van der Waals surface area contributed by atoms with Crippen molar-refractivity contribution < 1.29 is 23.1 Å². The predicted octanol–water partition coefficient (Wildman–Crippen LogP) is 2.67. The number of benzene rings is 2. The van der Waals surface area contributed by atoms with Crippen LogP contribution in [0, 0.1) is 23.0 Å². The number of carbonyl (C=O) groups excluding carboxylic acids is 2. The zero-order valence-electron chi connectivity index (χ0n) is 13.1. The zero-order chi connectivity index (χ0) is 18.4. The molecule has 0 radical (unpaired) electrons. The highest BCUT2D eigenvalue weighted by molar-refractivity contribution is 5.94. The smallest absolute Gasteiger partial charge is 0.340 e. The summed E-state index contributed by atoms with van der Waals surface area (Å²) >= 11 is 0. The van der Waals surface area contributed by atoms with Gasteiger partial charge in [0.15, 0.2) is 0 Å². The van der Waals surface area contributed by atoms with E-state index in [2.05, 4.69) is 15.4 Å². The third-order valence-electron chi connectivity index (χ3n) is 3.20. The molecular formula is C17H13F2N3O3. The Hall–Kier alpha value is -3.47. The minimum Gasteiger partial charge on any atom is -0.465 e. The van der Waals surface area contributed by atoms with Crippen LogP contribution in [0.1, 0.15) is 15.9 Å². The molecule has 0 unspecified atom stereocenters. The van der Waals surface area contributed by atoms with Gasteiger partial charge in [-0.05, 0) is 30.3 Å². The number of ether oxygens (including phenoxy) is 1. The van der Waals surface area contributed by atoms with E-state index in [1.807, 2.05) is 6.07 Å². The largest absolute Gasteiger partial charge is 0.465 e. The second-order valence-electron chi connectivity index (χ2n) is 4.89. The second kappa shape index (κ2) is 7.88. The van der Waals surface area contributed by atoms with Gasteiger partial charge in [0.05, 0.1) is 36.5 Å². The van der Waals surface area contributed by atoms with E-state index in [1.54, 1.807) is 12.1 Å². The monoisotopic (exact) mass is 345 g/mol. The van der Waals surface area contributed by atoms with Gasteiger partial charge >= 0.3 is 5.97 Å². The fourth-order valence-corrected chi connectivity index (χ4v) is 1.96. The van der Waals surface area contributed by atoms with Gasteiger partial charge < -0.3 is 15.4 Å². The van der Waals surface area contributed by atoms with Gasteiger partial charge in [-0.1, -0.05) is 0 Å². The molecule has 1 amide bonds. The van der Waals surface area contributed by atoms with Crippen molar-refractivity contribution in [3.05, 3.63) is 59.2 Å². The summed E-state index contributed by atoms with van der Waals surface area (Å²) in [6, 6.07) is 9.58. The second-order valence-corrected chi connectivity index (χ2v) is 4.89. The molecule has 2 N–H and O–H groups in total. The Morgan fingerprint density at radius 3 is 2.44 bits per heavy atom. The van der Waals surface area contributed by atoms with Crippen molar-refractivity contribution in [1.29, 1.82) is 5.26 Å². The van der Waals surface area contributed by atoms with Crippen LogP contribution in [0.2, 0.25) is 0 Å². The first-order valence-corrected chi connectivity index (χ1v) is 7.06. The topological polar surface area (TPSA) is 91.2 Å². The number of halogens is 2. The van der Waals surface area contributed by atoms with Crippen LogP contribution in [0.15, 0.2) is 36.4 Å². The van der Waals surface area contributed by atoms with Gasteiger partial charge in [0.25, 0.3) is 0 Å². The summed E-state index contributed by atoms with van der Waals surface area (Å²) in [6.07, 6.45) is 0. The van der Waals surface area contributed by atoms with Gasteiger partial charge in [0, 0.05) is 11.8 Å². The van der Waals surface area contributed by atoms with Crippen LogP contribution in [0.5, 0.6) is 0 Å². The Labute approximate surface area is 142 Å². The number of amides is 1. The average molecular weight is 345 g/mol. The van der Waals surface area contributed by atoms with E-state index in [9.17, 15) is 18.4 Å². The first kappa shape index (κ1) is 17.9. The molecule has 2 aromatic rings. The maximum Gasteiger partial charge on any atom is 0.340 e. The third kappa shape index (κ3) is 4.51. The lowest BCUT2D eigenvalue weighted by Crippen LogP contribution is -2.22. The zero-order valence-corrected chi connectivity index (χ0v) is 13.1. The molecule has 0 heterocycles. The highest BCUT2D eigenvalue weighted by Gasteiger charge is 2.17. The van der Waals surface area contributed by atoms with Crippen LogP contribution >= 0.6 is 0 Å². The molecule has 0 fully saturated rings. The minimum atomic E-state index is -1.06. The summed E-state index contributed by atoms with van der Waals surface area (Å²) in [5.74, 6) is -3.45. The van der Waals surface area contributed by atoms with E-state index in [4.69, 9.17) is 5.26 Å². The molecule has 0 saturated carbocycles. The van der Waals surface area contributed by atoms with Gasteiger partial charge in [-0.25, -0.2) is 13.6 Å². The fourth-order valence-electron chi connectivity index (χ4n) is 1.96. The molecule has 0 aliphatic carbocycles. The normalized spacial score (nSPS) is 9.84. The maximum atomic E-state index is 13.7. The summed E-state index contributed by atoms with van der Waals surface area (Å²) in [5.41, 5.74) is 0.246. The van der Waals surface area contributed by atoms with Gasteiger partial charge in [-0.2, -0.15) is 5.26 Å². The van der Waals surface area contributed by atoms with Crippen molar-refractivity contribution in [2.45, 2.75) is 0 Å². The lowest BCUT2D eigenvalue weighted by molar-refractivity contribution is -0.114. The lowest BCUT2D eigenvalue weighted by Gasteiger charge is -2.10. The van der Waals surface area contributed by atoms with Crippen LogP contribution in [0.25, 0.3) is 0 Å². The number of anilines is 2. The number of esters is 1. The molecule has 0 aliphatic heterocycles. The standard InChI is InChI=1S/C17H13F2N3O3/c1-25-17(24)12-6-15(14(19)7-13(12)18)21-9-16(23)22-11-4-2-10(8-20)3-5-11/h2-7,21H,9H2,1H3,(H,22,23). The SMILES string of the molecule is COC(=O)c1cc(NCC(=O)Nc2ccc(C#N)cc2)c(F)cc1F. The van der Waals surface area contributed by atoms with Gasteiger partial charge in [0.2, 0.25) is 5.91 Å². The van der Waals surface area contributed by atoms with Gasteiger partial charge in [0.1, 0.15) is 11.6 Å². The number of methoxy groups -OCH3 is 1. The Bertz CT molecular complexity index is 845. The van der Waals surface area contributed by atoms with Crippen molar-refractivity contribution in [2.24, 2.45) is 0 Å². The number of hydrogen-bond acceptors (Lipinski definition) is 5. The number of nitrogens with zero attached hydrogens (tertiary/aromatic N) is 1. The minimum absolute atomic E-state index is 0.211. The van der Waals surface area contributed by atoms with Crippen molar-refractivity contribution in [3.8, 4) is 6.07 Å². The Morgan fingerprint density at radius 2 is 1.84 bits per heavy atom. The van der Waals surface area contributed by atoms with E-state index in [0.717, 1.165) is 13.2 Å². The van der Waals surface area contributed by atoms with Gasteiger partial charge in [-0.15, -0.1) is 0 Å². The Morgan fingerprint density at radius 1 is 1.16 bits per heavy atom. The van der Waals surface area contributed by atoms with Crippen LogP contribution < -0.4 is 10.6 Å². The molecule has 128 valence electrons. The molecule has 0 aliphatic rings. The van der Waals surface area contributed by atoms with Crippen LogP contribution in [0.4, 0.5) is 20.2 Å². The molecule has 0 aromatic heterocycles. The van der Waals surface area contributed by atoms with Crippen LogP contribution in [-0.2, 0) is 9.53 Å². The summed E-state index contributed by atoms with van der Waals surface area (Å²) in [7, 11) is 1.07. The quantitative estimate of drug-likeness (QED) is 0.813. The molecular weight excluding hydrogens is 332 g/mol. The number of nitrogens with one attached hydrogen (secondary N) is 2. The summed E-state index contributed by atoms with van der Waals surface area (Å²) in [5, 5.41) is 13.7. The average Bonchev–Trinajstić information content (AvgIpc) is 2.61. The molecule has 2 aromatic carbocycles. The Kier molecular flexibility index (Phi) is 5.63. The summed E-state index contributed by atoms with van der Waals surface area (Å²) in [4.78, 5) is 23.3. The molecule has 2 rings (SSSR count). The van der Waals surface area contributed by atoms with Crippen LogP contribution in [-0.4, -0.2) is 25.5 Å². The number of nitriles is 1. The van der Waals surface area contributed by atoms with E-state index in [1.165, 1.54) is 12.1 Å². The molecule has 6 nitrogen and oxygen atoms in total. The molecule has 0 bridgehead atoms. The molecule has 8 heteroatoms. The molecule has 0 spiro atoms. The number of rotatable bonds is 5. The van der Waals surface area contributed by atoms with Gasteiger partial charge in [-0.3, -0.25) is 4.79 Å². The van der Waals surface area contributed by atoms with Crippen molar-refractivity contribution in [3.63, 3.8) is 0 Å². The first-order chi connectivity index (χ1) is 11.9. The van der Waals surface area contributed by atoms with E-state index in [-0.39, 0.29) is 12.2 Å². The first-order valence-electron chi connectivity index (χ1n) is 7.06. The number of hydrogen-bond donors (Lipinski definition) is 2. The van der Waals surface area contributed by atoms with Crippen molar-refractivity contribution in [1.82, 2.24) is 0 Å². The molecule has 25 heavy (non-hydrogen) atoms. The highest BCUT2D eigenvalue weighted by atomic mass is 19.1. The fraction of sp³-hybridized carbons (Fsp3) is 0.118. The summed E-state index contributed by atoms with van der Waals surface area (Å²) < 4.78 is 31.7. The van der Waals surface area contributed by atoms with Crippen LogP contribution in [0.3, 0.4) is 0 Å². The molecule has 0 saturated heterocycles. The molecule has 0 atom stereocenters. The van der Waals surface area contributed by atoms with Crippen molar-refractivity contribution >= 4 is 23.3 Å². The Balaban J connectivity index is 2.03. The predicted molar refractivity (Wildman–Crippen MR) is 86.0 cm³/mol. The maximum absolute atomic E-state index is 13.7. The van der Waals surface area contributed by atoms with E-state index >= 15 is 0 Å². The third-order valence-corrected chi connectivity index (χ3v) is 3.20. The lowest BCUT2D eigenvalue weighted by atomic mass is 10.1.